The molecule has 2 aromatic carbocycles. The zero-order valence-corrected chi connectivity index (χ0v) is 28.3. The molecule has 1 saturated carbocycles. The second kappa shape index (κ2) is 12.2. The van der Waals surface area contributed by atoms with E-state index in [9.17, 15) is 13.2 Å². The van der Waals surface area contributed by atoms with Crippen molar-refractivity contribution in [2.45, 2.75) is 89.6 Å². The van der Waals surface area contributed by atoms with Gasteiger partial charge in [-0.2, -0.15) is 18.3 Å². The molecule has 5 rings (SSSR count). The summed E-state index contributed by atoms with van der Waals surface area (Å²) in [6, 6.07) is 14.8. The molecule has 0 amide bonds. The first-order chi connectivity index (χ1) is 21.0. The molecular formula is C33H39ClF3N3O4Si. The van der Waals surface area contributed by atoms with Crippen LogP contribution < -0.4 is 4.74 Å². The molecule has 1 N–H and O–H groups in total. The Morgan fingerprint density at radius 2 is 1.73 bits per heavy atom. The lowest BCUT2D eigenvalue weighted by Gasteiger charge is -2.51. The minimum Gasteiger partial charge on any atom is -0.487 e. The Bertz CT molecular complexity index is 1640. The highest BCUT2D eigenvalue weighted by Gasteiger charge is 2.51. The summed E-state index contributed by atoms with van der Waals surface area (Å²) in [7, 11) is -0.652. The highest BCUT2D eigenvalue weighted by molar-refractivity contribution is 6.74. The predicted octanol–water partition coefficient (Wildman–Crippen LogP) is 9.79. The summed E-state index contributed by atoms with van der Waals surface area (Å²) < 4.78 is 67.1. The minimum absolute atomic E-state index is 0.00149. The van der Waals surface area contributed by atoms with Crippen molar-refractivity contribution in [3.8, 4) is 28.3 Å². The van der Waals surface area contributed by atoms with Crippen LogP contribution in [0, 0.1) is 0 Å². The lowest BCUT2D eigenvalue weighted by molar-refractivity contribution is -0.140. The zero-order valence-electron chi connectivity index (χ0n) is 26.6. The van der Waals surface area contributed by atoms with E-state index in [1.807, 2.05) is 37.3 Å². The summed E-state index contributed by atoms with van der Waals surface area (Å²) in [6.07, 6.45) is -3.66. The third kappa shape index (κ3) is 6.72. The van der Waals surface area contributed by atoms with Crippen molar-refractivity contribution in [3.05, 3.63) is 76.1 Å². The number of benzene rings is 2. The zero-order chi connectivity index (χ0) is 32.8. The molecule has 0 bridgehead atoms. The average Bonchev–Trinajstić information content (AvgIpc) is 3.55. The molecule has 1 aliphatic rings. The lowest BCUT2D eigenvalue weighted by atomic mass is 9.69. The Kier molecular flexibility index (Phi) is 9.04. The maximum absolute atomic E-state index is 14.4. The van der Waals surface area contributed by atoms with E-state index in [1.54, 1.807) is 18.2 Å². The number of hydrogen-bond donors (Lipinski definition) is 1. The van der Waals surface area contributed by atoms with Gasteiger partial charge in [-0.25, -0.2) is 0 Å². The predicted molar refractivity (Wildman–Crippen MR) is 170 cm³/mol. The molecule has 0 radical (unpaired) electrons. The Labute approximate surface area is 267 Å². The van der Waals surface area contributed by atoms with E-state index in [0.717, 1.165) is 5.56 Å². The fourth-order valence-corrected chi connectivity index (χ4v) is 7.63. The Balaban J connectivity index is 1.51. The molecule has 0 saturated heterocycles. The van der Waals surface area contributed by atoms with Gasteiger partial charge in [0.25, 0.3) is 0 Å². The first kappa shape index (κ1) is 33.2. The van der Waals surface area contributed by atoms with Crippen molar-refractivity contribution in [1.29, 1.82) is 0 Å². The van der Waals surface area contributed by atoms with Crippen LogP contribution in [0.4, 0.5) is 13.2 Å². The number of alkyl halides is 3. The highest BCUT2D eigenvalue weighted by atomic mass is 35.5. The van der Waals surface area contributed by atoms with E-state index in [0.29, 0.717) is 29.7 Å². The van der Waals surface area contributed by atoms with E-state index in [1.165, 1.54) is 7.11 Å². The van der Waals surface area contributed by atoms with Gasteiger partial charge in [0, 0.05) is 18.6 Å². The van der Waals surface area contributed by atoms with Crippen molar-refractivity contribution in [1.82, 2.24) is 15.4 Å². The Morgan fingerprint density at radius 1 is 1.04 bits per heavy atom. The Hall–Kier alpha value is -3.12. The average molecular weight is 662 g/mol. The van der Waals surface area contributed by atoms with E-state index in [2.05, 4.69) is 49.2 Å². The van der Waals surface area contributed by atoms with Crippen molar-refractivity contribution in [2.75, 3.05) is 7.11 Å². The number of aromatic nitrogens is 3. The number of aromatic amines is 1. The minimum atomic E-state index is -4.72. The van der Waals surface area contributed by atoms with Crippen molar-refractivity contribution >= 4 is 19.9 Å². The molecule has 1 fully saturated rings. The van der Waals surface area contributed by atoms with Gasteiger partial charge in [0.2, 0.25) is 0 Å². The molecule has 0 atom stereocenters. The van der Waals surface area contributed by atoms with Crippen LogP contribution in [-0.2, 0) is 28.6 Å². The van der Waals surface area contributed by atoms with Gasteiger partial charge in [0.15, 0.2) is 19.8 Å². The van der Waals surface area contributed by atoms with Gasteiger partial charge in [-0.3, -0.25) is 5.10 Å². The van der Waals surface area contributed by atoms with Crippen LogP contribution >= 0.6 is 11.6 Å². The largest absolute Gasteiger partial charge is 0.487 e. The topological polar surface area (TPSA) is 82.4 Å². The first-order valence-corrected chi connectivity index (χ1v) is 18.1. The molecule has 0 aliphatic heterocycles. The maximum Gasteiger partial charge on any atom is 0.433 e. The monoisotopic (exact) mass is 661 g/mol. The fraction of sp³-hybridized carbons (Fsp3) is 0.455. The summed E-state index contributed by atoms with van der Waals surface area (Å²) in [6.45, 7) is 13.1. The van der Waals surface area contributed by atoms with Gasteiger partial charge in [-0.05, 0) is 49.5 Å². The standard InChI is InChI=1S/C33H39ClF3N3O4Si/c1-31(2,3)45(6,7)44-32(4)16-21(17-32)27-25(30(39-38-27)33(35,36)37)29-23(19-41-5)28(40-43-29)22-14-11-15-24(26(22)34)42-18-20-12-9-8-10-13-20/h8-15,21H,16-19H2,1-7H3,(H,38,39). The van der Waals surface area contributed by atoms with Crippen molar-refractivity contribution in [3.63, 3.8) is 0 Å². The maximum atomic E-state index is 14.4. The van der Waals surface area contributed by atoms with Gasteiger partial charge < -0.3 is 18.4 Å². The van der Waals surface area contributed by atoms with Crippen molar-refractivity contribution < 1.29 is 31.6 Å². The SMILES string of the molecule is COCc1c(-c2cccc(OCc3ccccc3)c2Cl)noc1-c1c(C2CC(C)(O[Si](C)(C)C(C)(C)C)C2)n[nH]c1C(F)(F)F. The number of H-pyrrole nitrogens is 1. The number of ether oxygens (including phenoxy) is 2. The third-order valence-electron chi connectivity index (χ3n) is 8.89. The molecule has 0 spiro atoms. The smallest absolute Gasteiger partial charge is 0.433 e. The van der Waals surface area contributed by atoms with Crippen LogP contribution in [0.3, 0.4) is 0 Å². The van der Waals surface area contributed by atoms with E-state index >= 15 is 0 Å². The first-order valence-electron chi connectivity index (χ1n) is 14.8. The van der Waals surface area contributed by atoms with E-state index in [4.69, 9.17) is 30.0 Å². The van der Waals surface area contributed by atoms with Gasteiger partial charge in [0.05, 0.1) is 34.1 Å². The summed E-state index contributed by atoms with van der Waals surface area (Å²) in [5, 5.41) is 10.9. The molecule has 2 aromatic heterocycles. The number of nitrogens with one attached hydrogen (secondary N) is 1. The van der Waals surface area contributed by atoms with Gasteiger partial charge >= 0.3 is 6.18 Å². The van der Waals surface area contributed by atoms with Crippen LogP contribution in [0.5, 0.6) is 5.75 Å². The van der Waals surface area contributed by atoms with Crippen LogP contribution in [0.15, 0.2) is 53.1 Å². The quantitative estimate of drug-likeness (QED) is 0.170. The fourth-order valence-electron chi connectivity index (χ4n) is 5.65. The molecule has 0 unspecified atom stereocenters. The molecule has 45 heavy (non-hydrogen) atoms. The summed E-state index contributed by atoms with van der Waals surface area (Å²) in [5.41, 5.74) is 0.637. The van der Waals surface area contributed by atoms with Crippen LogP contribution in [0.25, 0.3) is 22.6 Å². The van der Waals surface area contributed by atoms with E-state index < -0.39 is 25.8 Å². The summed E-state index contributed by atoms with van der Waals surface area (Å²) in [5.74, 6) is 0.0688. The molecule has 2 heterocycles. The Morgan fingerprint density at radius 3 is 2.36 bits per heavy atom. The molecule has 12 heteroatoms. The van der Waals surface area contributed by atoms with Gasteiger partial charge in [-0.15, -0.1) is 0 Å². The summed E-state index contributed by atoms with van der Waals surface area (Å²) >= 11 is 6.79. The van der Waals surface area contributed by atoms with Crippen LogP contribution in [0.2, 0.25) is 23.2 Å². The molecular weight excluding hydrogens is 623 g/mol. The molecule has 7 nitrogen and oxygen atoms in total. The van der Waals surface area contributed by atoms with Gasteiger partial charge in [0.1, 0.15) is 18.1 Å². The molecule has 242 valence electrons. The second-order valence-electron chi connectivity index (χ2n) is 13.4. The second-order valence-corrected chi connectivity index (χ2v) is 18.5. The molecule has 4 aromatic rings. The lowest BCUT2D eigenvalue weighted by Crippen LogP contribution is -2.53. The van der Waals surface area contributed by atoms with Crippen LogP contribution in [-0.4, -0.2) is 36.4 Å². The number of halogens is 4. The third-order valence-corrected chi connectivity index (χ3v) is 13.9. The van der Waals surface area contributed by atoms with Crippen LogP contribution in [0.1, 0.15) is 69.0 Å². The number of methoxy groups -OCH3 is 1. The molecule has 1 aliphatic carbocycles. The normalized spacial score (nSPS) is 19.0. The van der Waals surface area contributed by atoms with Gasteiger partial charge in [-0.1, -0.05) is 80.0 Å². The highest BCUT2D eigenvalue weighted by Crippen LogP contribution is 2.54. The van der Waals surface area contributed by atoms with Crippen molar-refractivity contribution in [2.24, 2.45) is 0 Å². The number of hydrogen-bond acceptors (Lipinski definition) is 6. The van der Waals surface area contributed by atoms with E-state index in [-0.39, 0.29) is 51.9 Å². The number of rotatable bonds is 10. The summed E-state index contributed by atoms with van der Waals surface area (Å²) in [4.78, 5) is 0. The number of nitrogens with zero attached hydrogens (tertiary/aromatic N) is 2.